The summed E-state index contributed by atoms with van der Waals surface area (Å²) < 4.78 is 11.1. The molecule has 0 saturated heterocycles. The van der Waals surface area contributed by atoms with E-state index < -0.39 is 17.5 Å². The number of phenolic OH excluding ortho intramolecular Hbond substituents is 1. The van der Waals surface area contributed by atoms with Gasteiger partial charge < -0.3 is 19.7 Å². The summed E-state index contributed by atoms with van der Waals surface area (Å²) in [5, 5.41) is 19.2. The lowest BCUT2D eigenvalue weighted by molar-refractivity contribution is -0.138. The molecule has 0 spiro atoms. The number of benzene rings is 1. The first-order valence-corrected chi connectivity index (χ1v) is 7.27. The van der Waals surface area contributed by atoms with Crippen molar-refractivity contribution in [3.8, 4) is 11.5 Å². The number of carbonyl (C=O) groups excluding carboxylic acids is 1. The van der Waals surface area contributed by atoms with Gasteiger partial charge in [0.25, 0.3) is 0 Å². The molecule has 1 atom stereocenters. The number of phenols is 1. The Morgan fingerprint density at radius 1 is 1.36 bits per heavy atom. The van der Waals surface area contributed by atoms with Crippen LogP contribution in [0.1, 0.15) is 53.2 Å². The number of carboxylic acid groups (broad SMARTS) is 1. The first kappa shape index (κ1) is 14.7. The van der Waals surface area contributed by atoms with Crippen molar-refractivity contribution >= 4 is 11.9 Å². The predicted molar refractivity (Wildman–Crippen MR) is 76.2 cm³/mol. The second kappa shape index (κ2) is 4.90. The molecule has 1 unspecified atom stereocenters. The van der Waals surface area contributed by atoms with Gasteiger partial charge in [-0.15, -0.1) is 0 Å². The molecule has 6 heteroatoms. The molecule has 2 N–H and O–H groups in total. The zero-order valence-electron chi connectivity index (χ0n) is 12.6. The van der Waals surface area contributed by atoms with Crippen LogP contribution in [0.15, 0.2) is 0 Å². The number of hydrogen-bond donors (Lipinski definition) is 2. The maximum Gasteiger partial charge on any atom is 0.342 e. The van der Waals surface area contributed by atoms with Crippen LogP contribution in [-0.2, 0) is 22.6 Å². The quantitative estimate of drug-likeness (QED) is 0.832. The van der Waals surface area contributed by atoms with Gasteiger partial charge in [-0.3, -0.25) is 4.79 Å². The highest BCUT2D eigenvalue weighted by molar-refractivity contribution is 5.98. The normalized spacial score (nSPS) is 22.5. The van der Waals surface area contributed by atoms with Gasteiger partial charge in [-0.2, -0.15) is 0 Å². The van der Waals surface area contributed by atoms with Gasteiger partial charge in [-0.05, 0) is 38.7 Å². The SMILES string of the molecule is Cc1c(O)c2c(c3c1COC3=O)OC(C)(CCC(=O)O)CC2. The maximum absolute atomic E-state index is 12.0. The average molecular weight is 306 g/mol. The van der Waals surface area contributed by atoms with E-state index in [-0.39, 0.29) is 18.8 Å². The first-order valence-electron chi connectivity index (χ1n) is 7.27. The topological polar surface area (TPSA) is 93.1 Å². The van der Waals surface area contributed by atoms with E-state index in [4.69, 9.17) is 14.6 Å². The zero-order chi connectivity index (χ0) is 16.1. The van der Waals surface area contributed by atoms with Gasteiger partial charge in [0.1, 0.15) is 29.3 Å². The summed E-state index contributed by atoms with van der Waals surface area (Å²) >= 11 is 0. The van der Waals surface area contributed by atoms with Gasteiger partial charge in [0, 0.05) is 17.5 Å². The van der Waals surface area contributed by atoms with Crippen LogP contribution >= 0.6 is 0 Å². The highest BCUT2D eigenvalue weighted by Gasteiger charge is 2.40. The lowest BCUT2D eigenvalue weighted by Crippen LogP contribution is -2.37. The standard InChI is InChI=1S/C16H18O6/c1-8-10-7-21-15(20)12(10)14-9(13(8)19)3-5-16(2,22-14)6-4-11(17)18/h19H,3-7H2,1-2H3,(H,17,18). The molecule has 0 aliphatic carbocycles. The molecule has 0 fully saturated rings. The number of aromatic hydroxyl groups is 1. The number of esters is 1. The van der Waals surface area contributed by atoms with E-state index in [2.05, 4.69) is 0 Å². The van der Waals surface area contributed by atoms with Crippen molar-refractivity contribution in [3.05, 3.63) is 22.3 Å². The van der Waals surface area contributed by atoms with Gasteiger partial charge >= 0.3 is 11.9 Å². The van der Waals surface area contributed by atoms with E-state index in [1.54, 1.807) is 6.92 Å². The van der Waals surface area contributed by atoms with Crippen molar-refractivity contribution in [2.75, 3.05) is 0 Å². The van der Waals surface area contributed by atoms with Crippen LogP contribution in [-0.4, -0.2) is 27.8 Å². The van der Waals surface area contributed by atoms with Crippen molar-refractivity contribution in [2.24, 2.45) is 0 Å². The molecule has 0 amide bonds. The number of fused-ring (bicyclic) bond motifs is 3. The van der Waals surface area contributed by atoms with E-state index in [0.717, 1.165) is 0 Å². The molecule has 3 rings (SSSR count). The van der Waals surface area contributed by atoms with Crippen molar-refractivity contribution in [1.82, 2.24) is 0 Å². The summed E-state index contributed by atoms with van der Waals surface area (Å²) in [5.74, 6) is -0.823. The lowest BCUT2D eigenvalue weighted by Gasteiger charge is -2.36. The lowest BCUT2D eigenvalue weighted by atomic mass is 9.85. The van der Waals surface area contributed by atoms with E-state index in [1.807, 2.05) is 6.92 Å². The number of aliphatic carboxylic acids is 1. The van der Waals surface area contributed by atoms with Crippen molar-refractivity contribution in [3.63, 3.8) is 0 Å². The summed E-state index contributed by atoms with van der Waals surface area (Å²) in [4.78, 5) is 22.8. The van der Waals surface area contributed by atoms with Gasteiger partial charge in [0.2, 0.25) is 0 Å². The predicted octanol–water partition coefficient (Wildman–Crippen LogP) is 2.32. The third kappa shape index (κ3) is 2.19. The fourth-order valence-corrected chi connectivity index (χ4v) is 3.14. The molecule has 0 aromatic heterocycles. The monoisotopic (exact) mass is 306 g/mol. The Bertz CT molecular complexity index is 678. The number of carboxylic acids is 1. The maximum atomic E-state index is 12.0. The largest absolute Gasteiger partial charge is 0.507 e. The molecule has 1 aromatic rings. The summed E-state index contributed by atoms with van der Waals surface area (Å²) in [5.41, 5.74) is 1.64. The van der Waals surface area contributed by atoms with Crippen LogP contribution in [0.3, 0.4) is 0 Å². The molecule has 22 heavy (non-hydrogen) atoms. The Kier molecular flexibility index (Phi) is 3.27. The third-order valence-corrected chi connectivity index (χ3v) is 4.57. The summed E-state index contributed by atoms with van der Waals surface area (Å²) in [6, 6.07) is 0. The second-order valence-corrected chi connectivity index (χ2v) is 6.16. The first-order chi connectivity index (χ1) is 10.3. The van der Waals surface area contributed by atoms with Crippen molar-refractivity contribution < 1.29 is 29.3 Å². The molecular weight excluding hydrogens is 288 g/mol. The minimum atomic E-state index is -0.882. The van der Waals surface area contributed by atoms with Crippen molar-refractivity contribution in [2.45, 2.75) is 51.7 Å². The Morgan fingerprint density at radius 2 is 2.09 bits per heavy atom. The number of rotatable bonds is 3. The van der Waals surface area contributed by atoms with Crippen LogP contribution in [0.25, 0.3) is 0 Å². The highest BCUT2D eigenvalue weighted by atomic mass is 16.5. The van der Waals surface area contributed by atoms with Gasteiger partial charge in [0.05, 0.1) is 0 Å². The Hall–Kier alpha value is -2.24. The minimum absolute atomic E-state index is 0.00366. The number of cyclic esters (lactones) is 1. The fourth-order valence-electron chi connectivity index (χ4n) is 3.14. The smallest absolute Gasteiger partial charge is 0.342 e. The van der Waals surface area contributed by atoms with Gasteiger partial charge in [-0.1, -0.05) is 0 Å². The van der Waals surface area contributed by atoms with E-state index >= 15 is 0 Å². The van der Waals surface area contributed by atoms with Crippen LogP contribution in [0.2, 0.25) is 0 Å². The number of hydrogen-bond acceptors (Lipinski definition) is 5. The Morgan fingerprint density at radius 3 is 2.77 bits per heavy atom. The summed E-state index contributed by atoms with van der Waals surface area (Å²) in [7, 11) is 0. The van der Waals surface area contributed by atoms with Crippen LogP contribution in [0.4, 0.5) is 0 Å². The van der Waals surface area contributed by atoms with E-state index in [0.29, 0.717) is 47.3 Å². The fraction of sp³-hybridized carbons (Fsp3) is 0.500. The third-order valence-electron chi connectivity index (χ3n) is 4.57. The number of ether oxygens (including phenoxy) is 2. The molecule has 6 nitrogen and oxygen atoms in total. The Labute approximate surface area is 127 Å². The summed E-state index contributed by atoms with van der Waals surface area (Å²) in [6.07, 6.45) is 1.48. The van der Waals surface area contributed by atoms with Gasteiger partial charge in [0.15, 0.2) is 0 Å². The van der Waals surface area contributed by atoms with Crippen LogP contribution in [0, 0.1) is 6.92 Å². The molecule has 1 aromatic carbocycles. The van der Waals surface area contributed by atoms with Crippen molar-refractivity contribution in [1.29, 1.82) is 0 Å². The molecule has 0 radical (unpaired) electrons. The zero-order valence-corrected chi connectivity index (χ0v) is 12.6. The molecule has 0 saturated carbocycles. The van der Waals surface area contributed by atoms with Crippen LogP contribution in [0.5, 0.6) is 11.5 Å². The Balaban J connectivity index is 2.04. The van der Waals surface area contributed by atoms with E-state index in [9.17, 15) is 14.7 Å². The van der Waals surface area contributed by atoms with Gasteiger partial charge in [-0.25, -0.2) is 4.79 Å². The van der Waals surface area contributed by atoms with Crippen LogP contribution < -0.4 is 4.74 Å². The molecule has 0 bridgehead atoms. The highest BCUT2D eigenvalue weighted by Crippen LogP contribution is 2.47. The van der Waals surface area contributed by atoms with E-state index in [1.165, 1.54) is 0 Å². The number of carbonyl (C=O) groups is 2. The molecular formula is C16H18O6. The summed E-state index contributed by atoms with van der Waals surface area (Å²) in [6.45, 7) is 3.73. The molecule has 2 heterocycles. The molecule has 2 aliphatic rings. The second-order valence-electron chi connectivity index (χ2n) is 6.16. The molecule has 2 aliphatic heterocycles. The molecule has 118 valence electrons. The minimum Gasteiger partial charge on any atom is -0.507 e. The average Bonchev–Trinajstić information content (AvgIpc) is 2.85.